The highest BCUT2D eigenvalue weighted by Crippen LogP contribution is 2.16. The van der Waals surface area contributed by atoms with E-state index in [-0.39, 0.29) is 31.2 Å². The van der Waals surface area contributed by atoms with Crippen LogP contribution in [0.25, 0.3) is 0 Å². The molecule has 0 radical (unpaired) electrons. The number of carbonyl (C=O) groups is 2. The van der Waals surface area contributed by atoms with Crippen molar-refractivity contribution in [2.75, 3.05) is 5.53 Å². The van der Waals surface area contributed by atoms with Crippen LogP contribution in [-0.4, -0.2) is 26.2 Å². The third kappa shape index (κ3) is 4.01. The minimum atomic E-state index is -0.581. The fourth-order valence-electron chi connectivity index (χ4n) is 1.85. The molecule has 124 valence electrons. The molecule has 1 rings (SSSR count). The Balaban J connectivity index is 3.05. The highest BCUT2D eigenvalue weighted by atomic mass is 16.3. The van der Waals surface area contributed by atoms with E-state index in [2.05, 4.69) is 11.0 Å². The highest BCUT2D eigenvalue weighted by molar-refractivity contribution is 5.75. The van der Waals surface area contributed by atoms with E-state index in [0.29, 0.717) is 18.5 Å². The number of hydrogen-bond acceptors (Lipinski definition) is 6. The number of rotatable bonds is 8. The van der Waals surface area contributed by atoms with Crippen molar-refractivity contribution in [1.29, 1.82) is 0 Å². The predicted molar refractivity (Wildman–Crippen MR) is 79.1 cm³/mol. The minimum absolute atomic E-state index is 0.0270. The first-order valence-corrected chi connectivity index (χ1v) is 7.03. The average molecular weight is 314 g/mol. The summed E-state index contributed by atoms with van der Waals surface area (Å²) in [5, 5.41) is 10.2. The first-order valence-electron chi connectivity index (χ1n) is 7.03. The van der Waals surface area contributed by atoms with E-state index >= 15 is 0 Å². The zero-order valence-electron chi connectivity index (χ0n) is 12.7. The van der Waals surface area contributed by atoms with E-state index in [1.54, 1.807) is 6.92 Å². The van der Waals surface area contributed by atoms with E-state index < -0.39 is 11.6 Å². The molecule has 10 nitrogen and oxygen atoms in total. The fraction of sp³-hybridized carbons (Fsp3) is 0.583. The van der Waals surface area contributed by atoms with Crippen molar-refractivity contribution >= 4 is 11.8 Å². The molecule has 0 aliphatic heterocycles. The molecule has 0 saturated heterocycles. The van der Waals surface area contributed by atoms with E-state index in [0.717, 1.165) is 9.24 Å². The first-order chi connectivity index (χ1) is 10.5. The highest BCUT2D eigenvalue weighted by Gasteiger charge is 2.19. The van der Waals surface area contributed by atoms with Crippen LogP contribution in [0.15, 0.2) is 4.79 Å². The number of hydrogen-bond donors (Lipinski definition) is 5. The molecule has 6 N–H and O–H groups in total. The van der Waals surface area contributed by atoms with Crippen molar-refractivity contribution in [3.8, 4) is 5.88 Å². The van der Waals surface area contributed by atoms with Crippen molar-refractivity contribution in [3.63, 3.8) is 0 Å². The molecule has 0 unspecified atom stereocenters. The van der Waals surface area contributed by atoms with Gasteiger partial charge in [0.15, 0.2) is 0 Å². The molecule has 1 heterocycles. The van der Waals surface area contributed by atoms with Crippen molar-refractivity contribution in [2.45, 2.75) is 46.1 Å². The van der Waals surface area contributed by atoms with Gasteiger partial charge < -0.3 is 5.11 Å². The standard InChI is InChI=1S/C12H22N6O4/c1-3-5-8-11(21)17(7-6-10(20)14-13)12(22)18(8)16-15-9(19)4-2/h16,21H,3-7,13H2,1-2H3,(H,14,20)(H,15,19). The average Bonchev–Trinajstić information content (AvgIpc) is 2.74. The van der Waals surface area contributed by atoms with E-state index in [1.165, 1.54) is 0 Å². The summed E-state index contributed by atoms with van der Waals surface area (Å²) in [5.41, 5.74) is 6.54. The Morgan fingerprint density at radius 3 is 2.50 bits per heavy atom. The van der Waals surface area contributed by atoms with Crippen molar-refractivity contribution < 1.29 is 14.7 Å². The monoisotopic (exact) mass is 314 g/mol. The lowest BCUT2D eigenvalue weighted by atomic mass is 10.2. The molecule has 1 aromatic heterocycles. The van der Waals surface area contributed by atoms with Gasteiger partial charge in [-0.3, -0.25) is 25.0 Å². The molecule has 0 saturated carbocycles. The second-order valence-electron chi connectivity index (χ2n) is 4.62. The number of aromatic nitrogens is 2. The number of hydrazine groups is 2. The van der Waals surface area contributed by atoms with Crippen LogP contribution in [0, 0.1) is 0 Å². The minimum Gasteiger partial charge on any atom is -0.493 e. The second kappa shape index (κ2) is 8.08. The molecule has 0 fully saturated rings. The number of nitrogens with one attached hydrogen (secondary N) is 3. The number of nitrogens with two attached hydrogens (primary N) is 1. The zero-order chi connectivity index (χ0) is 16.7. The molecular weight excluding hydrogens is 292 g/mol. The van der Waals surface area contributed by atoms with Gasteiger partial charge >= 0.3 is 5.69 Å². The SMILES string of the molecule is CCCc1c(O)n(CCC(=O)NN)c(=O)n1NNC(=O)CC. The van der Waals surface area contributed by atoms with Crippen LogP contribution in [0.2, 0.25) is 0 Å². The zero-order valence-corrected chi connectivity index (χ0v) is 12.7. The third-order valence-corrected chi connectivity index (χ3v) is 3.04. The van der Waals surface area contributed by atoms with Crippen LogP contribution < -0.4 is 27.9 Å². The topological polar surface area (TPSA) is 143 Å². The Morgan fingerprint density at radius 2 is 1.95 bits per heavy atom. The van der Waals surface area contributed by atoms with Crippen LogP contribution in [0.3, 0.4) is 0 Å². The first kappa shape index (κ1) is 17.6. The predicted octanol–water partition coefficient (Wildman–Crippen LogP) is -1.33. The van der Waals surface area contributed by atoms with Crippen molar-refractivity contribution in [1.82, 2.24) is 20.1 Å². The lowest BCUT2D eigenvalue weighted by Gasteiger charge is -2.10. The molecule has 22 heavy (non-hydrogen) atoms. The summed E-state index contributed by atoms with van der Waals surface area (Å²) in [5.74, 6) is 3.98. The van der Waals surface area contributed by atoms with Crippen LogP contribution in [0.4, 0.5) is 0 Å². The molecule has 0 aliphatic carbocycles. The smallest absolute Gasteiger partial charge is 0.351 e. The van der Waals surface area contributed by atoms with E-state index in [4.69, 9.17) is 5.84 Å². The van der Waals surface area contributed by atoms with Gasteiger partial charge in [-0.05, 0) is 6.42 Å². The molecule has 0 aromatic carbocycles. The molecule has 0 spiro atoms. The summed E-state index contributed by atoms with van der Waals surface area (Å²) >= 11 is 0. The summed E-state index contributed by atoms with van der Waals surface area (Å²) in [6.07, 6.45) is 1.30. The lowest BCUT2D eigenvalue weighted by molar-refractivity contribution is -0.121. The van der Waals surface area contributed by atoms with Gasteiger partial charge in [0.2, 0.25) is 17.7 Å². The maximum atomic E-state index is 12.3. The van der Waals surface area contributed by atoms with Gasteiger partial charge in [0, 0.05) is 19.4 Å². The van der Waals surface area contributed by atoms with E-state index in [9.17, 15) is 19.5 Å². The maximum absolute atomic E-state index is 12.3. The van der Waals surface area contributed by atoms with Gasteiger partial charge in [0.25, 0.3) is 0 Å². The summed E-state index contributed by atoms with van der Waals surface area (Å²) in [6, 6.07) is 0. The van der Waals surface area contributed by atoms with Gasteiger partial charge in [-0.2, -0.15) is 4.68 Å². The molecule has 0 aliphatic rings. The third-order valence-electron chi connectivity index (χ3n) is 3.04. The normalized spacial score (nSPS) is 10.3. The molecule has 0 atom stereocenters. The number of carbonyl (C=O) groups excluding carboxylic acids is 2. The Morgan fingerprint density at radius 1 is 1.27 bits per heavy atom. The summed E-state index contributed by atoms with van der Waals surface area (Å²) < 4.78 is 2.11. The Bertz CT molecular complexity index is 591. The number of nitrogens with zero attached hydrogens (tertiary/aromatic N) is 2. The largest absolute Gasteiger partial charge is 0.493 e. The summed E-state index contributed by atoms with van der Waals surface area (Å²) in [7, 11) is 0. The number of amides is 2. The summed E-state index contributed by atoms with van der Waals surface area (Å²) in [4.78, 5) is 34.7. The quantitative estimate of drug-likeness (QED) is 0.228. The Hall–Kier alpha value is -2.49. The lowest BCUT2D eigenvalue weighted by Crippen LogP contribution is -2.42. The van der Waals surface area contributed by atoms with Gasteiger partial charge in [0.05, 0.1) is 0 Å². The molecular formula is C12H22N6O4. The van der Waals surface area contributed by atoms with Gasteiger partial charge in [0.1, 0.15) is 5.69 Å². The fourth-order valence-corrected chi connectivity index (χ4v) is 1.85. The van der Waals surface area contributed by atoms with Crippen LogP contribution in [0.5, 0.6) is 5.88 Å². The molecule has 0 bridgehead atoms. The van der Waals surface area contributed by atoms with Crippen LogP contribution >= 0.6 is 0 Å². The van der Waals surface area contributed by atoms with Gasteiger partial charge in [-0.1, -0.05) is 20.3 Å². The molecule has 10 heteroatoms. The molecule has 1 aromatic rings. The van der Waals surface area contributed by atoms with E-state index in [1.807, 2.05) is 12.3 Å². The van der Waals surface area contributed by atoms with Crippen molar-refractivity contribution in [3.05, 3.63) is 16.2 Å². The van der Waals surface area contributed by atoms with Gasteiger partial charge in [-0.15, -0.1) is 0 Å². The van der Waals surface area contributed by atoms with Crippen LogP contribution in [0.1, 0.15) is 38.8 Å². The van der Waals surface area contributed by atoms with Crippen molar-refractivity contribution in [2.24, 2.45) is 5.84 Å². The molecule has 2 amide bonds. The second-order valence-corrected chi connectivity index (χ2v) is 4.62. The van der Waals surface area contributed by atoms with Crippen LogP contribution in [-0.2, 0) is 22.6 Å². The number of imidazole rings is 1. The van der Waals surface area contributed by atoms with Gasteiger partial charge in [-0.25, -0.2) is 16.2 Å². The Labute approximate surface area is 127 Å². The number of aromatic hydroxyl groups is 1. The Kier molecular flexibility index (Phi) is 6.45. The maximum Gasteiger partial charge on any atom is 0.351 e. The summed E-state index contributed by atoms with van der Waals surface area (Å²) in [6.45, 7) is 3.53.